The van der Waals surface area contributed by atoms with Crippen molar-refractivity contribution in [2.24, 2.45) is 0 Å². The summed E-state index contributed by atoms with van der Waals surface area (Å²) >= 11 is 0. The zero-order valence-corrected chi connectivity index (χ0v) is 17.9. The lowest BCUT2D eigenvalue weighted by molar-refractivity contribution is -0.121. The molecule has 1 spiro atoms. The number of aryl methyl sites for hydroxylation is 1. The standard InChI is InChI=1S/C25H32N4O/c1-26-24(30)23-27-21-9-4-5-10-22(21)29(23)16-6-15-28-17-13-25(14-18-28)12-11-19-7-2-3-8-20(19)25/h2-5,7-10,23,27H,6,11-18H2,1H3,(H,26,30). The molecule has 1 aliphatic carbocycles. The van der Waals surface area contributed by atoms with Gasteiger partial charge in [0, 0.05) is 13.6 Å². The molecule has 0 aromatic heterocycles. The van der Waals surface area contributed by atoms with Crippen molar-refractivity contribution in [2.45, 2.75) is 43.7 Å². The molecule has 30 heavy (non-hydrogen) atoms. The van der Waals surface area contributed by atoms with Gasteiger partial charge in [-0.25, -0.2) is 0 Å². The number of amides is 1. The predicted molar refractivity (Wildman–Crippen MR) is 122 cm³/mol. The molecule has 1 fully saturated rings. The molecule has 1 amide bonds. The van der Waals surface area contributed by atoms with Crippen LogP contribution >= 0.6 is 0 Å². The largest absolute Gasteiger partial charge is 0.356 e. The molecule has 1 saturated heterocycles. The van der Waals surface area contributed by atoms with Crippen molar-refractivity contribution in [3.8, 4) is 0 Å². The minimum absolute atomic E-state index is 0.0195. The van der Waals surface area contributed by atoms with Gasteiger partial charge in [0.2, 0.25) is 0 Å². The summed E-state index contributed by atoms with van der Waals surface area (Å²) < 4.78 is 0. The second-order valence-corrected chi connectivity index (χ2v) is 9.00. The molecule has 1 unspecified atom stereocenters. The van der Waals surface area contributed by atoms with Crippen molar-refractivity contribution in [2.75, 3.05) is 43.4 Å². The highest BCUT2D eigenvalue weighted by atomic mass is 16.2. The number of hydrogen-bond acceptors (Lipinski definition) is 4. The molecular formula is C25H32N4O. The third-order valence-corrected chi connectivity index (χ3v) is 7.46. The average molecular weight is 405 g/mol. The van der Waals surface area contributed by atoms with Crippen LogP contribution in [-0.4, -0.2) is 50.2 Å². The van der Waals surface area contributed by atoms with Gasteiger partial charge in [-0.1, -0.05) is 36.4 Å². The number of nitrogens with one attached hydrogen (secondary N) is 2. The number of para-hydroxylation sites is 2. The van der Waals surface area contributed by atoms with E-state index in [1.807, 2.05) is 12.1 Å². The molecule has 0 radical (unpaired) electrons. The first-order valence-electron chi connectivity index (χ1n) is 11.3. The van der Waals surface area contributed by atoms with E-state index in [0.717, 1.165) is 30.9 Å². The van der Waals surface area contributed by atoms with Gasteiger partial charge in [0.15, 0.2) is 6.17 Å². The Balaban J connectivity index is 1.18. The maximum atomic E-state index is 12.4. The second kappa shape index (κ2) is 7.95. The molecule has 2 aromatic rings. The number of anilines is 2. The van der Waals surface area contributed by atoms with Gasteiger partial charge in [-0.05, 0) is 80.4 Å². The lowest BCUT2D eigenvalue weighted by atomic mass is 9.74. The highest BCUT2D eigenvalue weighted by Gasteiger charge is 2.40. The smallest absolute Gasteiger partial charge is 0.263 e. The Bertz CT molecular complexity index is 919. The van der Waals surface area contributed by atoms with Crippen molar-refractivity contribution in [1.82, 2.24) is 10.2 Å². The monoisotopic (exact) mass is 404 g/mol. The molecule has 3 aliphatic rings. The summed E-state index contributed by atoms with van der Waals surface area (Å²) in [6.45, 7) is 4.34. The van der Waals surface area contributed by atoms with Crippen LogP contribution in [0.4, 0.5) is 11.4 Å². The number of nitrogens with zero attached hydrogens (tertiary/aromatic N) is 2. The van der Waals surface area contributed by atoms with Crippen molar-refractivity contribution >= 4 is 17.3 Å². The molecule has 5 nitrogen and oxygen atoms in total. The van der Waals surface area contributed by atoms with Crippen LogP contribution in [0.15, 0.2) is 48.5 Å². The summed E-state index contributed by atoms with van der Waals surface area (Å²) in [7, 11) is 1.70. The van der Waals surface area contributed by atoms with Crippen molar-refractivity contribution in [3.05, 3.63) is 59.7 Å². The normalized spacial score (nSPS) is 21.9. The van der Waals surface area contributed by atoms with Crippen LogP contribution in [0.5, 0.6) is 0 Å². The van der Waals surface area contributed by atoms with E-state index in [2.05, 4.69) is 56.8 Å². The quantitative estimate of drug-likeness (QED) is 0.802. The number of carbonyl (C=O) groups is 1. The summed E-state index contributed by atoms with van der Waals surface area (Å²) in [5.41, 5.74) is 5.80. The van der Waals surface area contributed by atoms with E-state index in [1.165, 1.54) is 38.8 Å². The second-order valence-electron chi connectivity index (χ2n) is 9.00. The van der Waals surface area contributed by atoms with Crippen molar-refractivity contribution in [1.29, 1.82) is 0 Å². The molecule has 158 valence electrons. The fourth-order valence-corrected chi connectivity index (χ4v) is 5.76. The van der Waals surface area contributed by atoms with Gasteiger partial charge in [-0.2, -0.15) is 0 Å². The van der Waals surface area contributed by atoms with E-state index in [9.17, 15) is 4.79 Å². The highest BCUT2D eigenvalue weighted by Crippen LogP contribution is 2.46. The number of likely N-dealkylation sites (tertiary alicyclic amines) is 1. The van der Waals surface area contributed by atoms with Gasteiger partial charge < -0.3 is 20.4 Å². The lowest BCUT2D eigenvalue weighted by Gasteiger charge is -2.40. The van der Waals surface area contributed by atoms with Gasteiger partial charge >= 0.3 is 0 Å². The van der Waals surface area contributed by atoms with Crippen LogP contribution in [-0.2, 0) is 16.6 Å². The van der Waals surface area contributed by atoms with E-state index >= 15 is 0 Å². The van der Waals surface area contributed by atoms with Crippen LogP contribution in [0.3, 0.4) is 0 Å². The Morgan fingerprint density at radius 1 is 1.07 bits per heavy atom. The Morgan fingerprint density at radius 3 is 2.67 bits per heavy atom. The molecular weight excluding hydrogens is 372 g/mol. The SMILES string of the molecule is CNC(=O)C1Nc2ccccc2N1CCCN1CCC2(CCc3ccccc32)CC1. The third-order valence-electron chi connectivity index (χ3n) is 7.46. The minimum atomic E-state index is -0.313. The Hall–Kier alpha value is -2.53. The minimum Gasteiger partial charge on any atom is -0.356 e. The zero-order valence-electron chi connectivity index (χ0n) is 17.9. The van der Waals surface area contributed by atoms with Crippen LogP contribution in [0, 0.1) is 0 Å². The maximum Gasteiger partial charge on any atom is 0.263 e. The first kappa shape index (κ1) is 19.4. The van der Waals surface area contributed by atoms with Crippen molar-refractivity contribution < 1.29 is 4.79 Å². The van der Waals surface area contributed by atoms with E-state index in [-0.39, 0.29) is 12.1 Å². The number of likely N-dealkylation sites (N-methyl/N-ethyl adjacent to an activating group) is 1. The number of piperidine rings is 1. The molecule has 0 bridgehead atoms. The first-order chi connectivity index (χ1) is 14.7. The number of benzene rings is 2. The lowest BCUT2D eigenvalue weighted by Crippen LogP contribution is -2.48. The van der Waals surface area contributed by atoms with E-state index in [0.29, 0.717) is 5.41 Å². The fourth-order valence-electron chi connectivity index (χ4n) is 5.76. The highest BCUT2D eigenvalue weighted by molar-refractivity contribution is 5.93. The van der Waals surface area contributed by atoms with Crippen LogP contribution in [0.1, 0.15) is 36.8 Å². The van der Waals surface area contributed by atoms with Gasteiger partial charge in [0.1, 0.15) is 0 Å². The number of carbonyl (C=O) groups excluding carboxylic acids is 1. The zero-order chi connectivity index (χ0) is 20.6. The van der Waals surface area contributed by atoms with Crippen LogP contribution in [0.25, 0.3) is 0 Å². The average Bonchev–Trinajstić information content (AvgIpc) is 3.34. The summed E-state index contributed by atoms with van der Waals surface area (Å²) in [6, 6.07) is 17.3. The summed E-state index contributed by atoms with van der Waals surface area (Å²) in [5, 5.41) is 6.16. The van der Waals surface area contributed by atoms with Gasteiger partial charge in [-0.15, -0.1) is 0 Å². The first-order valence-corrected chi connectivity index (χ1v) is 11.3. The molecule has 2 aromatic carbocycles. The van der Waals surface area contributed by atoms with Gasteiger partial charge in [-0.3, -0.25) is 4.79 Å². The third kappa shape index (κ3) is 3.35. The van der Waals surface area contributed by atoms with Crippen molar-refractivity contribution in [3.63, 3.8) is 0 Å². The number of hydrogen-bond donors (Lipinski definition) is 2. The Kier molecular flexibility index (Phi) is 5.15. The molecule has 5 heteroatoms. The Morgan fingerprint density at radius 2 is 1.83 bits per heavy atom. The molecule has 5 rings (SSSR count). The van der Waals surface area contributed by atoms with E-state index in [4.69, 9.17) is 0 Å². The molecule has 1 atom stereocenters. The van der Waals surface area contributed by atoms with Gasteiger partial charge in [0.05, 0.1) is 11.4 Å². The van der Waals surface area contributed by atoms with Gasteiger partial charge in [0.25, 0.3) is 5.91 Å². The molecule has 2 aliphatic heterocycles. The topological polar surface area (TPSA) is 47.6 Å². The van der Waals surface area contributed by atoms with Crippen LogP contribution < -0.4 is 15.5 Å². The summed E-state index contributed by atoms with van der Waals surface area (Å²) in [6.07, 6.45) is 5.88. The molecule has 2 heterocycles. The maximum absolute atomic E-state index is 12.4. The molecule has 0 saturated carbocycles. The van der Waals surface area contributed by atoms with Crippen LogP contribution in [0.2, 0.25) is 0 Å². The predicted octanol–water partition coefficient (Wildman–Crippen LogP) is 3.36. The summed E-state index contributed by atoms with van der Waals surface area (Å²) in [4.78, 5) is 17.2. The van der Waals surface area contributed by atoms with E-state index < -0.39 is 0 Å². The summed E-state index contributed by atoms with van der Waals surface area (Å²) in [5.74, 6) is 0.0195. The van der Waals surface area contributed by atoms with E-state index in [1.54, 1.807) is 18.2 Å². The fraction of sp³-hybridized carbons (Fsp3) is 0.480. The Labute approximate surface area is 179 Å². The number of rotatable bonds is 5. The molecule has 2 N–H and O–H groups in total. The number of fused-ring (bicyclic) bond motifs is 3.